The average Bonchev–Trinajstić information content (AvgIpc) is 2.78. The smallest absolute Gasteiger partial charge is 0.0699 e. The van der Waals surface area contributed by atoms with Crippen molar-refractivity contribution in [2.24, 2.45) is 7.05 Å². The summed E-state index contributed by atoms with van der Waals surface area (Å²) in [4.78, 5) is 2.12. The molecule has 0 bridgehead atoms. The van der Waals surface area contributed by atoms with E-state index < -0.39 is 0 Å². The van der Waals surface area contributed by atoms with Gasteiger partial charge in [-0.25, -0.2) is 0 Å². The number of aryl methyl sites for hydroxylation is 2. The highest BCUT2D eigenvalue weighted by Crippen LogP contribution is 2.23. The summed E-state index contributed by atoms with van der Waals surface area (Å²) < 4.78 is 1.90. The Morgan fingerprint density at radius 3 is 2.57 bits per heavy atom. The maximum atomic E-state index is 4.55. The Morgan fingerprint density at radius 1 is 1.29 bits per heavy atom. The maximum Gasteiger partial charge on any atom is 0.0699 e. The van der Waals surface area contributed by atoms with Gasteiger partial charge in [0.05, 0.1) is 5.69 Å². The highest BCUT2D eigenvalue weighted by atomic mass is 15.3. The van der Waals surface area contributed by atoms with Crippen LogP contribution in [0, 0.1) is 6.92 Å². The second-order valence-corrected chi connectivity index (χ2v) is 6.12. The molecule has 0 atom stereocenters. The van der Waals surface area contributed by atoms with Crippen LogP contribution in [0.1, 0.15) is 36.6 Å². The van der Waals surface area contributed by atoms with Crippen molar-refractivity contribution >= 4 is 11.4 Å². The molecule has 0 saturated carbocycles. The van der Waals surface area contributed by atoms with Crippen LogP contribution >= 0.6 is 0 Å². The summed E-state index contributed by atoms with van der Waals surface area (Å²) in [6, 6.07) is 6.49. The monoisotopic (exact) mass is 286 g/mol. The van der Waals surface area contributed by atoms with Crippen molar-refractivity contribution in [3.63, 3.8) is 0 Å². The SMILES string of the molecule is Cc1cc(N(C)C)ccc1NCc1cn(C)nc1C(C)C. The van der Waals surface area contributed by atoms with Crippen LogP contribution in [0.2, 0.25) is 0 Å². The first-order valence-electron chi connectivity index (χ1n) is 7.42. The van der Waals surface area contributed by atoms with Crippen LogP contribution in [0.5, 0.6) is 0 Å². The lowest BCUT2D eigenvalue weighted by molar-refractivity contribution is 0.712. The molecule has 0 saturated heterocycles. The molecular weight excluding hydrogens is 260 g/mol. The van der Waals surface area contributed by atoms with E-state index in [-0.39, 0.29) is 0 Å². The van der Waals surface area contributed by atoms with E-state index in [0.717, 1.165) is 6.54 Å². The van der Waals surface area contributed by atoms with Crippen LogP contribution in [0.4, 0.5) is 11.4 Å². The Kier molecular flexibility index (Phi) is 4.56. The summed E-state index contributed by atoms with van der Waals surface area (Å²) in [6.45, 7) is 7.32. The van der Waals surface area contributed by atoms with Gasteiger partial charge in [-0.15, -0.1) is 0 Å². The fourth-order valence-electron chi connectivity index (χ4n) is 2.49. The largest absolute Gasteiger partial charge is 0.381 e. The lowest BCUT2D eigenvalue weighted by Crippen LogP contribution is -2.09. The minimum Gasteiger partial charge on any atom is -0.381 e. The van der Waals surface area contributed by atoms with Crippen LogP contribution in [0.25, 0.3) is 0 Å². The minimum absolute atomic E-state index is 0.445. The Hall–Kier alpha value is -1.97. The highest BCUT2D eigenvalue weighted by molar-refractivity contribution is 5.59. The number of hydrogen-bond donors (Lipinski definition) is 1. The number of nitrogens with zero attached hydrogens (tertiary/aromatic N) is 3. The van der Waals surface area contributed by atoms with E-state index >= 15 is 0 Å². The predicted molar refractivity (Wildman–Crippen MR) is 90.1 cm³/mol. The lowest BCUT2D eigenvalue weighted by Gasteiger charge is -2.16. The molecule has 4 heteroatoms. The zero-order chi connectivity index (χ0) is 15.6. The van der Waals surface area contributed by atoms with Crippen molar-refractivity contribution in [3.05, 3.63) is 41.2 Å². The van der Waals surface area contributed by atoms with Crippen LogP contribution in [0.3, 0.4) is 0 Å². The van der Waals surface area contributed by atoms with Crippen molar-refractivity contribution in [1.82, 2.24) is 9.78 Å². The van der Waals surface area contributed by atoms with Crippen molar-refractivity contribution in [2.75, 3.05) is 24.3 Å². The summed E-state index contributed by atoms with van der Waals surface area (Å²) in [5.41, 5.74) is 6.11. The quantitative estimate of drug-likeness (QED) is 0.913. The number of benzene rings is 1. The second-order valence-electron chi connectivity index (χ2n) is 6.12. The van der Waals surface area contributed by atoms with Gasteiger partial charge in [0, 0.05) is 50.8 Å². The molecule has 0 aliphatic heterocycles. The average molecular weight is 286 g/mol. The molecule has 1 aromatic carbocycles. The van der Waals surface area contributed by atoms with E-state index in [1.807, 2.05) is 11.7 Å². The molecule has 2 aromatic rings. The van der Waals surface area contributed by atoms with Gasteiger partial charge in [0.25, 0.3) is 0 Å². The van der Waals surface area contributed by atoms with Crippen LogP contribution in [-0.4, -0.2) is 23.9 Å². The van der Waals surface area contributed by atoms with Crippen molar-refractivity contribution < 1.29 is 0 Å². The molecule has 21 heavy (non-hydrogen) atoms. The third-order valence-corrected chi connectivity index (χ3v) is 3.68. The van der Waals surface area contributed by atoms with Crippen molar-refractivity contribution in [2.45, 2.75) is 33.2 Å². The Bertz CT molecular complexity index is 611. The van der Waals surface area contributed by atoms with E-state index in [2.05, 4.69) is 74.6 Å². The van der Waals surface area contributed by atoms with Crippen molar-refractivity contribution in [1.29, 1.82) is 0 Å². The van der Waals surface area contributed by atoms with E-state index in [9.17, 15) is 0 Å². The highest BCUT2D eigenvalue weighted by Gasteiger charge is 2.11. The molecular formula is C17H26N4. The molecule has 1 heterocycles. The van der Waals surface area contributed by atoms with E-state index in [0.29, 0.717) is 5.92 Å². The Morgan fingerprint density at radius 2 is 2.00 bits per heavy atom. The van der Waals surface area contributed by atoms with E-state index in [1.54, 1.807) is 0 Å². The number of nitrogens with one attached hydrogen (secondary N) is 1. The standard InChI is InChI=1S/C17H26N4/c1-12(2)17-14(11-21(6)19-17)10-18-16-8-7-15(20(4)5)9-13(16)3/h7-9,11-12,18H,10H2,1-6H3. The van der Waals surface area contributed by atoms with Gasteiger partial charge in [-0.1, -0.05) is 13.8 Å². The summed E-state index contributed by atoms with van der Waals surface area (Å²) in [5, 5.41) is 8.08. The summed E-state index contributed by atoms with van der Waals surface area (Å²) in [5.74, 6) is 0.445. The number of hydrogen-bond acceptors (Lipinski definition) is 3. The van der Waals surface area contributed by atoms with Gasteiger partial charge in [-0.2, -0.15) is 5.10 Å². The van der Waals surface area contributed by atoms with E-state index in [4.69, 9.17) is 0 Å². The molecule has 2 rings (SSSR count). The molecule has 114 valence electrons. The van der Waals surface area contributed by atoms with Gasteiger partial charge in [0.15, 0.2) is 0 Å². The molecule has 0 aliphatic carbocycles. The normalized spacial score (nSPS) is 11.0. The Labute approximate surface area is 127 Å². The fourth-order valence-corrected chi connectivity index (χ4v) is 2.49. The molecule has 1 aromatic heterocycles. The number of anilines is 2. The van der Waals surface area contributed by atoms with Gasteiger partial charge in [0.2, 0.25) is 0 Å². The molecule has 0 radical (unpaired) electrons. The molecule has 0 aliphatic rings. The van der Waals surface area contributed by atoms with Gasteiger partial charge in [-0.3, -0.25) is 4.68 Å². The first-order valence-corrected chi connectivity index (χ1v) is 7.42. The fraction of sp³-hybridized carbons (Fsp3) is 0.471. The maximum absolute atomic E-state index is 4.55. The zero-order valence-corrected chi connectivity index (χ0v) is 13.9. The minimum atomic E-state index is 0.445. The second kappa shape index (κ2) is 6.20. The topological polar surface area (TPSA) is 33.1 Å². The predicted octanol–water partition coefficient (Wildman–Crippen LogP) is 3.53. The lowest BCUT2D eigenvalue weighted by atomic mass is 10.1. The Balaban J connectivity index is 2.13. The van der Waals surface area contributed by atoms with E-state index in [1.165, 1.54) is 28.2 Å². The first-order chi connectivity index (χ1) is 9.88. The van der Waals surface area contributed by atoms with Crippen LogP contribution in [-0.2, 0) is 13.6 Å². The zero-order valence-electron chi connectivity index (χ0n) is 13.9. The molecule has 0 spiro atoms. The molecule has 1 N–H and O–H groups in total. The molecule has 4 nitrogen and oxygen atoms in total. The number of aromatic nitrogens is 2. The third kappa shape index (κ3) is 3.57. The molecule has 0 amide bonds. The van der Waals surface area contributed by atoms with Gasteiger partial charge < -0.3 is 10.2 Å². The van der Waals surface area contributed by atoms with Gasteiger partial charge in [-0.05, 0) is 36.6 Å². The number of rotatable bonds is 5. The molecule has 0 fully saturated rings. The van der Waals surface area contributed by atoms with Crippen LogP contribution < -0.4 is 10.2 Å². The van der Waals surface area contributed by atoms with Gasteiger partial charge >= 0.3 is 0 Å². The summed E-state index contributed by atoms with van der Waals surface area (Å²) in [6.07, 6.45) is 2.10. The van der Waals surface area contributed by atoms with Gasteiger partial charge in [0.1, 0.15) is 0 Å². The first kappa shape index (κ1) is 15.4. The van der Waals surface area contributed by atoms with Crippen LogP contribution in [0.15, 0.2) is 24.4 Å². The molecule has 0 unspecified atom stereocenters. The van der Waals surface area contributed by atoms with Crippen molar-refractivity contribution in [3.8, 4) is 0 Å². The summed E-state index contributed by atoms with van der Waals surface area (Å²) in [7, 11) is 6.10. The third-order valence-electron chi connectivity index (χ3n) is 3.68. The summed E-state index contributed by atoms with van der Waals surface area (Å²) >= 11 is 0.